The molecule has 228 valence electrons. The molecule has 3 atom stereocenters. The SMILES string of the molecule is CC(C)(C)c1cc(CC2NC(=O)C(NC(=O)[C@@H](N)Cc3ccccc3)CCCCNC(=O)CCCNC2=O)ccc1O. The number of carbonyl (C=O) groups excluding carboxylic acids is 4. The predicted molar refractivity (Wildman–Crippen MR) is 162 cm³/mol. The fourth-order valence-electron chi connectivity index (χ4n) is 4.91. The molecular weight excluding hydrogens is 534 g/mol. The molecular formula is C32H45N5O5. The molecule has 2 aromatic rings. The highest BCUT2D eigenvalue weighted by Crippen LogP contribution is 2.31. The highest BCUT2D eigenvalue weighted by Gasteiger charge is 2.29. The molecule has 1 aliphatic rings. The molecule has 0 aromatic heterocycles. The number of phenolic OH excluding ortho intramolecular Hbond substituents is 1. The van der Waals surface area contributed by atoms with Gasteiger partial charge in [0.05, 0.1) is 6.04 Å². The second kappa shape index (κ2) is 15.3. The number of nitrogens with two attached hydrogens (primary N) is 1. The molecule has 1 fully saturated rings. The number of carbonyl (C=O) groups is 4. The average molecular weight is 580 g/mol. The molecule has 2 unspecified atom stereocenters. The lowest BCUT2D eigenvalue weighted by molar-refractivity contribution is -0.132. The summed E-state index contributed by atoms with van der Waals surface area (Å²) in [7, 11) is 0. The molecule has 1 aliphatic heterocycles. The van der Waals surface area contributed by atoms with Crippen LogP contribution in [-0.4, -0.2) is 60.0 Å². The Morgan fingerprint density at radius 2 is 1.69 bits per heavy atom. The standard InChI is InChI=1S/C32H45N5O5/c1-32(2,3)23-18-22(14-15-27(23)38)20-26-30(41)35-17-9-13-28(39)34-16-8-7-12-25(31(42)37-26)36-29(40)24(33)19-21-10-5-4-6-11-21/h4-6,10-11,14-15,18,24-26,38H,7-9,12-13,16-17,19-20,33H2,1-3H3,(H,34,39)(H,35,41)(H,36,40)(H,37,42)/t24-,25?,26?/m0/s1. The maximum atomic E-state index is 13.6. The van der Waals surface area contributed by atoms with Crippen LogP contribution in [0.1, 0.15) is 69.6 Å². The molecule has 10 heteroatoms. The van der Waals surface area contributed by atoms with Crippen molar-refractivity contribution in [3.63, 3.8) is 0 Å². The summed E-state index contributed by atoms with van der Waals surface area (Å²) in [4.78, 5) is 52.1. The molecule has 42 heavy (non-hydrogen) atoms. The first-order valence-electron chi connectivity index (χ1n) is 14.7. The van der Waals surface area contributed by atoms with Crippen molar-refractivity contribution in [1.29, 1.82) is 0 Å². The van der Waals surface area contributed by atoms with Gasteiger partial charge in [-0.1, -0.05) is 63.2 Å². The quantitative estimate of drug-likeness (QED) is 0.307. The molecule has 2 aromatic carbocycles. The number of aromatic hydroxyl groups is 1. The number of amides is 4. The topological polar surface area (TPSA) is 163 Å². The summed E-state index contributed by atoms with van der Waals surface area (Å²) >= 11 is 0. The van der Waals surface area contributed by atoms with Crippen LogP contribution in [0.3, 0.4) is 0 Å². The first-order chi connectivity index (χ1) is 19.9. The molecule has 1 saturated heterocycles. The van der Waals surface area contributed by atoms with E-state index in [-0.39, 0.29) is 36.5 Å². The van der Waals surface area contributed by atoms with Crippen LogP contribution in [0, 0.1) is 0 Å². The number of nitrogens with one attached hydrogen (secondary N) is 4. The zero-order valence-electron chi connectivity index (χ0n) is 24.9. The summed E-state index contributed by atoms with van der Waals surface area (Å²) in [6.07, 6.45) is 2.74. The Labute approximate surface area is 248 Å². The van der Waals surface area contributed by atoms with E-state index in [4.69, 9.17) is 5.73 Å². The number of benzene rings is 2. The summed E-state index contributed by atoms with van der Waals surface area (Å²) in [5.74, 6) is -1.27. The smallest absolute Gasteiger partial charge is 0.243 e. The lowest BCUT2D eigenvalue weighted by Crippen LogP contribution is -2.56. The maximum Gasteiger partial charge on any atom is 0.243 e. The molecule has 0 saturated carbocycles. The molecule has 10 nitrogen and oxygen atoms in total. The fourth-order valence-corrected chi connectivity index (χ4v) is 4.91. The van der Waals surface area contributed by atoms with Gasteiger partial charge in [0.1, 0.15) is 17.8 Å². The van der Waals surface area contributed by atoms with E-state index in [1.165, 1.54) is 0 Å². The van der Waals surface area contributed by atoms with Crippen LogP contribution < -0.4 is 27.0 Å². The Kier molecular flexibility index (Phi) is 11.9. The van der Waals surface area contributed by atoms with Crippen molar-refractivity contribution in [1.82, 2.24) is 21.3 Å². The van der Waals surface area contributed by atoms with Crippen LogP contribution in [0.2, 0.25) is 0 Å². The Morgan fingerprint density at radius 3 is 2.40 bits per heavy atom. The van der Waals surface area contributed by atoms with Gasteiger partial charge in [-0.25, -0.2) is 0 Å². The van der Waals surface area contributed by atoms with Gasteiger partial charge in [-0.3, -0.25) is 19.2 Å². The van der Waals surface area contributed by atoms with Crippen molar-refractivity contribution in [2.45, 2.75) is 89.3 Å². The van der Waals surface area contributed by atoms with Gasteiger partial charge < -0.3 is 32.1 Å². The van der Waals surface area contributed by atoms with Crippen molar-refractivity contribution in [3.05, 3.63) is 65.2 Å². The number of hydrogen-bond donors (Lipinski definition) is 6. The lowest BCUT2D eigenvalue weighted by Gasteiger charge is -2.25. The minimum atomic E-state index is -0.939. The van der Waals surface area contributed by atoms with E-state index in [0.717, 1.165) is 16.7 Å². The van der Waals surface area contributed by atoms with Crippen LogP contribution in [-0.2, 0) is 37.4 Å². The van der Waals surface area contributed by atoms with E-state index < -0.39 is 35.8 Å². The minimum Gasteiger partial charge on any atom is -0.508 e. The molecule has 1 heterocycles. The van der Waals surface area contributed by atoms with Crippen molar-refractivity contribution in [2.75, 3.05) is 13.1 Å². The maximum absolute atomic E-state index is 13.6. The van der Waals surface area contributed by atoms with Gasteiger partial charge in [0.2, 0.25) is 23.6 Å². The van der Waals surface area contributed by atoms with Crippen molar-refractivity contribution in [2.24, 2.45) is 5.73 Å². The van der Waals surface area contributed by atoms with Gasteiger partial charge in [-0.05, 0) is 60.3 Å². The van der Waals surface area contributed by atoms with Crippen LogP contribution >= 0.6 is 0 Å². The number of phenols is 1. The van der Waals surface area contributed by atoms with E-state index in [9.17, 15) is 24.3 Å². The third kappa shape index (κ3) is 10.2. The van der Waals surface area contributed by atoms with Crippen LogP contribution in [0.4, 0.5) is 0 Å². The zero-order chi connectivity index (χ0) is 30.7. The minimum absolute atomic E-state index is 0.0968. The zero-order valence-corrected chi connectivity index (χ0v) is 24.9. The highest BCUT2D eigenvalue weighted by molar-refractivity contribution is 5.93. The van der Waals surface area contributed by atoms with E-state index in [2.05, 4.69) is 21.3 Å². The predicted octanol–water partition coefficient (Wildman–Crippen LogP) is 1.97. The molecule has 0 bridgehead atoms. The summed E-state index contributed by atoms with van der Waals surface area (Å²) < 4.78 is 0. The molecule has 0 aliphatic carbocycles. The van der Waals surface area contributed by atoms with Gasteiger partial charge in [-0.15, -0.1) is 0 Å². The van der Waals surface area contributed by atoms with Gasteiger partial charge in [-0.2, -0.15) is 0 Å². The number of hydrogen-bond acceptors (Lipinski definition) is 6. The van der Waals surface area contributed by atoms with Crippen molar-refractivity contribution >= 4 is 23.6 Å². The van der Waals surface area contributed by atoms with E-state index in [0.29, 0.717) is 38.6 Å². The molecule has 4 amide bonds. The second-order valence-electron chi connectivity index (χ2n) is 12.0. The van der Waals surface area contributed by atoms with Crippen molar-refractivity contribution in [3.8, 4) is 5.75 Å². The Bertz CT molecular complexity index is 1230. The molecule has 3 rings (SSSR count). The van der Waals surface area contributed by atoms with Crippen LogP contribution in [0.25, 0.3) is 0 Å². The van der Waals surface area contributed by atoms with Gasteiger partial charge in [0.15, 0.2) is 0 Å². The molecule has 0 spiro atoms. The monoisotopic (exact) mass is 579 g/mol. The second-order valence-corrected chi connectivity index (χ2v) is 12.0. The van der Waals surface area contributed by atoms with Crippen LogP contribution in [0.15, 0.2) is 48.5 Å². The molecule has 0 radical (unpaired) electrons. The van der Waals surface area contributed by atoms with Gasteiger partial charge in [0.25, 0.3) is 0 Å². The Morgan fingerprint density at radius 1 is 0.976 bits per heavy atom. The fraction of sp³-hybridized carbons (Fsp3) is 0.500. The first kappa shape index (κ1) is 32.6. The van der Waals surface area contributed by atoms with Crippen molar-refractivity contribution < 1.29 is 24.3 Å². The van der Waals surface area contributed by atoms with E-state index in [1.54, 1.807) is 12.1 Å². The first-order valence-corrected chi connectivity index (χ1v) is 14.7. The third-order valence-electron chi connectivity index (χ3n) is 7.33. The third-order valence-corrected chi connectivity index (χ3v) is 7.33. The van der Waals surface area contributed by atoms with Gasteiger partial charge in [0, 0.05) is 25.9 Å². The summed E-state index contributed by atoms with van der Waals surface area (Å²) in [6, 6.07) is 11.8. The van der Waals surface area contributed by atoms with Gasteiger partial charge >= 0.3 is 0 Å². The largest absolute Gasteiger partial charge is 0.508 e. The lowest BCUT2D eigenvalue weighted by atomic mass is 9.84. The summed E-state index contributed by atoms with van der Waals surface area (Å²) in [6.45, 7) is 6.68. The normalized spacial score (nSPS) is 20.2. The molecule has 7 N–H and O–H groups in total. The Hall–Kier alpha value is -3.92. The Balaban J connectivity index is 1.81. The summed E-state index contributed by atoms with van der Waals surface area (Å²) in [5, 5.41) is 21.7. The van der Waals surface area contributed by atoms with E-state index >= 15 is 0 Å². The summed E-state index contributed by atoms with van der Waals surface area (Å²) in [5.41, 5.74) is 8.26. The highest BCUT2D eigenvalue weighted by atomic mass is 16.3. The average Bonchev–Trinajstić information content (AvgIpc) is 2.94. The number of rotatable bonds is 6. The van der Waals surface area contributed by atoms with E-state index in [1.807, 2.05) is 57.2 Å². The van der Waals surface area contributed by atoms with Crippen LogP contribution in [0.5, 0.6) is 5.75 Å².